The fourth-order valence-electron chi connectivity index (χ4n) is 1.52. The van der Waals surface area contributed by atoms with Gasteiger partial charge in [0.1, 0.15) is 11.9 Å². The first-order valence-electron chi connectivity index (χ1n) is 5.69. The number of rotatable bonds is 4. The van der Waals surface area contributed by atoms with Gasteiger partial charge in [0.15, 0.2) is 5.82 Å². The van der Waals surface area contributed by atoms with Crippen molar-refractivity contribution in [1.29, 1.82) is 0 Å². The SMILES string of the molecule is CC(Nc1c(F)cc(F)cc1Cl)C(=O)NC1CC1. The van der Waals surface area contributed by atoms with Crippen LogP contribution in [0.4, 0.5) is 14.5 Å². The summed E-state index contributed by atoms with van der Waals surface area (Å²) in [6, 6.07) is 1.32. The zero-order valence-electron chi connectivity index (χ0n) is 9.77. The summed E-state index contributed by atoms with van der Waals surface area (Å²) in [5.74, 6) is -1.79. The predicted molar refractivity (Wildman–Crippen MR) is 65.6 cm³/mol. The van der Waals surface area contributed by atoms with Crippen molar-refractivity contribution in [2.24, 2.45) is 0 Å². The van der Waals surface area contributed by atoms with Crippen molar-refractivity contribution in [3.63, 3.8) is 0 Å². The van der Waals surface area contributed by atoms with Crippen LogP contribution in [0.2, 0.25) is 5.02 Å². The van der Waals surface area contributed by atoms with Gasteiger partial charge in [0, 0.05) is 12.1 Å². The smallest absolute Gasteiger partial charge is 0.242 e. The Morgan fingerprint density at radius 3 is 2.67 bits per heavy atom. The Hall–Kier alpha value is -1.36. The summed E-state index contributed by atoms with van der Waals surface area (Å²) in [6.45, 7) is 1.59. The molecule has 3 nitrogen and oxygen atoms in total. The maximum absolute atomic E-state index is 13.5. The van der Waals surface area contributed by atoms with Crippen molar-refractivity contribution < 1.29 is 13.6 Å². The molecular formula is C12H13ClF2N2O. The molecule has 1 aliphatic rings. The average molecular weight is 275 g/mol. The third kappa shape index (κ3) is 3.10. The van der Waals surface area contributed by atoms with E-state index in [4.69, 9.17) is 11.6 Å². The molecular weight excluding hydrogens is 262 g/mol. The summed E-state index contributed by atoms with van der Waals surface area (Å²) in [5, 5.41) is 5.35. The van der Waals surface area contributed by atoms with Crippen molar-refractivity contribution in [1.82, 2.24) is 5.32 Å². The number of amides is 1. The topological polar surface area (TPSA) is 41.1 Å². The molecule has 98 valence electrons. The van der Waals surface area contributed by atoms with Gasteiger partial charge in [-0.05, 0) is 25.8 Å². The second-order valence-electron chi connectivity index (χ2n) is 4.39. The largest absolute Gasteiger partial charge is 0.370 e. The minimum atomic E-state index is -0.814. The van der Waals surface area contributed by atoms with Gasteiger partial charge in [-0.15, -0.1) is 0 Å². The van der Waals surface area contributed by atoms with Crippen LogP contribution >= 0.6 is 11.6 Å². The van der Waals surface area contributed by atoms with Gasteiger partial charge < -0.3 is 10.6 Å². The van der Waals surface area contributed by atoms with Crippen LogP contribution in [0.5, 0.6) is 0 Å². The molecule has 2 N–H and O–H groups in total. The summed E-state index contributed by atoms with van der Waals surface area (Å²) in [5.41, 5.74) is -0.0588. The second kappa shape index (κ2) is 5.10. The number of carbonyl (C=O) groups excluding carboxylic acids is 1. The number of nitrogens with one attached hydrogen (secondary N) is 2. The highest BCUT2D eigenvalue weighted by molar-refractivity contribution is 6.33. The lowest BCUT2D eigenvalue weighted by atomic mass is 10.2. The van der Waals surface area contributed by atoms with Crippen LogP contribution in [0, 0.1) is 11.6 Å². The Balaban J connectivity index is 2.05. The fraction of sp³-hybridized carbons (Fsp3) is 0.417. The van der Waals surface area contributed by atoms with Crippen LogP contribution in [-0.2, 0) is 4.79 Å². The van der Waals surface area contributed by atoms with Crippen molar-refractivity contribution >= 4 is 23.2 Å². The van der Waals surface area contributed by atoms with Gasteiger partial charge in [-0.3, -0.25) is 4.79 Å². The van der Waals surface area contributed by atoms with Gasteiger partial charge in [-0.25, -0.2) is 8.78 Å². The van der Waals surface area contributed by atoms with E-state index in [0.29, 0.717) is 0 Å². The highest BCUT2D eigenvalue weighted by Gasteiger charge is 2.26. The first-order valence-corrected chi connectivity index (χ1v) is 6.06. The normalized spacial score (nSPS) is 16.2. The number of halogens is 3. The average Bonchev–Trinajstić information content (AvgIpc) is 3.06. The van der Waals surface area contributed by atoms with E-state index in [9.17, 15) is 13.6 Å². The Morgan fingerprint density at radius 2 is 2.11 bits per heavy atom. The molecule has 0 saturated heterocycles. The van der Waals surface area contributed by atoms with Crippen LogP contribution in [0.15, 0.2) is 12.1 Å². The molecule has 2 rings (SSSR count). The monoisotopic (exact) mass is 274 g/mol. The molecule has 0 radical (unpaired) electrons. The summed E-state index contributed by atoms with van der Waals surface area (Å²) < 4.78 is 26.3. The van der Waals surface area contributed by atoms with Gasteiger partial charge in [-0.1, -0.05) is 11.6 Å². The third-order valence-electron chi connectivity index (χ3n) is 2.68. The molecule has 1 unspecified atom stereocenters. The minimum absolute atomic E-state index is 0.0588. The van der Waals surface area contributed by atoms with E-state index in [-0.39, 0.29) is 22.7 Å². The van der Waals surface area contributed by atoms with Crippen molar-refractivity contribution in [2.75, 3.05) is 5.32 Å². The number of hydrogen-bond acceptors (Lipinski definition) is 2. The zero-order chi connectivity index (χ0) is 13.3. The van der Waals surface area contributed by atoms with E-state index in [1.807, 2.05) is 0 Å². The number of carbonyl (C=O) groups is 1. The molecule has 0 spiro atoms. The van der Waals surface area contributed by atoms with Gasteiger partial charge in [0.25, 0.3) is 0 Å². The zero-order valence-corrected chi connectivity index (χ0v) is 10.5. The lowest BCUT2D eigenvalue weighted by Crippen LogP contribution is -2.38. The lowest BCUT2D eigenvalue weighted by Gasteiger charge is -2.16. The maximum atomic E-state index is 13.5. The van der Waals surface area contributed by atoms with Crippen LogP contribution in [0.3, 0.4) is 0 Å². The maximum Gasteiger partial charge on any atom is 0.242 e. The number of hydrogen-bond donors (Lipinski definition) is 2. The van der Waals surface area contributed by atoms with Gasteiger partial charge in [0.2, 0.25) is 5.91 Å². The first kappa shape index (κ1) is 13.1. The van der Waals surface area contributed by atoms with E-state index >= 15 is 0 Å². The van der Waals surface area contributed by atoms with E-state index in [1.54, 1.807) is 6.92 Å². The molecule has 18 heavy (non-hydrogen) atoms. The molecule has 1 aromatic carbocycles. The van der Waals surface area contributed by atoms with Gasteiger partial charge in [0.05, 0.1) is 10.7 Å². The van der Waals surface area contributed by atoms with E-state index < -0.39 is 17.7 Å². The van der Waals surface area contributed by atoms with E-state index in [0.717, 1.165) is 25.0 Å². The second-order valence-corrected chi connectivity index (χ2v) is 4.80. The molecule has 1 atom stereocenters. The summed E-state index contributed by atoms with van der Waals surface area (Å²) >= 11 is 5.73. The summed E-state index contributed by atoms with van der Waals surface area (Å²) in [7, 11) is 0. The highest BCUT2D eigenvalue weighted by atomic mass is 35.5. The van der Waals surface area contributed by atoms with Gasteiger partial charge >= 0.3 is 0 Å². The molecule has 6 heteroatoms. The Bertz CT molecular complexity index is 454. The summed E-state index contributed by atoms with van der Waals surface area (Å²) in [6.07, 6.45) is 1.95. The molecule has 0 bridgehead atoms. The number of anilines is 1. The molecule has 0 aromatic heterocycles. The van der Waals surface area contributed by atoms with Crippen LogP contribution in [-0.4, -0.2) is 18.0 Å². The molecule has 1 aromatic rings. The fourth-order valence-corrected chi connectivity index (χ4v) is 1.77. The molecule has 1 saturated carbocycles. The van der Waals surface area contributed by atoms with Crippen LogP contribution in [0.25, 0.3) is 0 Å². The predicted octanol–water partition coefficient (Wildman–Crippen LogP) is 2.70. The highest BCUT2D eigenvalue weighted by Crippen LogP contribution is 2.27. The standard InChI is InChI=1S/C12H13ClF2N2O/c1-6(12(18)17-8-2-3-8)16-11-9(13)4-7(14)5-10(11)15/h4-6,8,16H,2-3H2,1H3,(H,17,18). The molecule has 1 fully saturated rings. The first-order chi connectivity index (χ1) is 8.47. The minimum Gasteiger partial charge on any atom is -0.370 e. The lowest BCUT2D eigenvalue weighted by molar-refractivity contribution is -0.121. The van der Waals surface area contributed by atoms with Crippen LogP contribution < -0.4 is 10.6 Å². The molecule has 1 amide bonds. The molecule has 0 aliphatic heterocycles. The quantitative estimate of drug-likeness (QED) is 0.886. The van der Waals surface area contributed by atoms with E-state index in [1.165, 1.54) is 0 Å². The van der Waals surface area contributed by atoms with Crippen LogP contribution in [0.1, 0.15) is 19.8 Å². The van der Waals surface area contributed by atoms with Gasteiger partial charge in [-0.2, -0.15) is 0 Å². The van der Waals surface area contributed by atoms with Crippen molar-refractivity contribution in [3.05, 3.63) is 28.8 Å². The molecule has 0 heterocycles. The third-order valence-corrected chi connectivity index (χ3v) is 2.98. The summed E-state index contributed by atoms with van der Waals surface area (Å²) in [4.78, 5) is 11.7. The molecule has 1 aliphatic carbocycles. The van der Waals surface area contributed by atoms with E-state index in [2.05, 4.69) is 10.6 Å². The van der Waals surface area contributed by atoms with Crippen molar-refractivity contribution in [3.8, 4) is 0 Å². The van der Waals surface area contributed by atoms with Crippen molar-refractivity contribution in [2.45, 2.75) is 31.8 Å². The Labute approximate surface area is 109 Å². The Morgan fingerprint density at radius 1 is 1.44 bits per heavy atom. The number of benzene rings is 1. The Kier molecular flexibility index (Phi) is 3.71.